The first-order valence-corrected chi connectivity index (χ1v) is 10.3. The predicted octanol–water partition coefficient (Wildman–Crippen LogP) is 3.05. The van der Waals surface area contributed by atoms with E-state index in [0.29, 0.717) is 25.3 Å². The largest absolute Gasteiger partial charge is 0.444 e. The number of hydrogen-bond donors (Lipinski definition) is 1. The summed E-state index contributed by atoms with van der Waals surface area (Å²) in [5, 5.41) is 3.27. The number of likely N-dealkylation sites (tertiary alicyclic amines) is 1. The summed E-state index contributed by atoms with van der Waals surface area (Å²) in [6.07, 6.45) is 5.34. The number of ether oxygens (including phenoxy) is 1. The number of nitrogens with zero attached hydrogens (tertiary/aromatic N) is 4. The van der Waals surface area contributed by atoms with Crippen LogP contribution in [0.5, 0.6) is 0 Å². The molecule has 160 valence electrons. The summed E-state index contributed by atoms with van der Waals surface area (Å²) in [6.45, 7) is 7.24. The number of amides is 4. The van der Waals surface area contributed by atoms with Crippen molar-refractivity contribution in [1.29, 1.82) is 0 Å². The Balaban J connectivity index is 1.45. The monoisotopic (exact) mass is 413 g/mol. The van der Waals surface area contributed by atoms with Gasteiger partial charge in [0.05, 0.1) is 11.9 Å². The zero-order valence-corrected chi connectivity index (χ0v) is 17.6. The van der Waals surface area contributed by atoms with Gasteiger partial charge in [-0.25, -0.2) is 14.6 Å². The van der Waals surface area contributed by atoms with E-state index in [1.54, 1.807) is 11.1 Å². The van der Waals surface area contributed by atoms with Crippen LogP contribution in [0.4, 0.5) is 15.3 Å². The van der Waals surface area contributed by atoms with Gasteiger partial charge in [0.2, 0.25) is 5.91 Å². The zero-order chi connectivity index (χ0) is 21.5. The summed E-state index contributed by atoms with van der Waals surface area (Å²) < 4.78 is 7.61. The maximum atomic E-state index is 12.3. The fraction of sp³-hybridized carbons (Fsp3) is 0.524. The predicted molar refractivity (Wildman–Crippen MR) is 111 cm³/mol. The summed E-state index contributed by atoms with van der Waals surface area (Å²) in [6, 6.07) is 3.74. The molecule has 0 aliphatic carbocycles. The number of fused-ring (bicyclic) bond motifs is 1. The molecule has 2 saturated heterocycles. The number of rotatable bonds is 2. The lowest BCUT2D eigenvalue weighted by atomic mass is 10.1. The van der Waals surface area contributed by atoms with E-state index in [0.717, 1.165) is 23.9 Å². The second-order valence-electron chi connectivity index (χ2n) is 8.78. The van der Waals surface area contributed by atoms with Gasteiger partial charge in [-0.15, -0.1) is 0 Å². The Morgan fingerprint density at radius 3 is 2.60 bits per heavy atom. The molecule has 0 aromatic carbocycles. The van der Waals surface area contributed by atoms with Crippen LogP contribution in [0.1, 0.15) is 46.1 Å². The van der Waals surface area contributed by atoms with Gasteiger partial charge in [0.1, 0.15) is 11.2 Å². The number of carbonyl (C=O) groups is 3. The summed E-state index contributed by atoms with van der Waals surface area (Å²) in [4.78, 5) is 43.6. The van der Waals surface area contributed by atoms with Crippen LogP contribution >= 0.6 is 0 Å². The van der Waals surface area contributed by atoms with Crippen LogP contribution in [-0.4, -0.2) is 57.7 Å². The van der Waals surface area contributed by atoms with Crippen molar-refractivity contribution >= 4 is 34.8 Å². The van der Waals surface area contributed by atoms with E-state index in [1.807, 2.05) is 39.1 Å². The summed E-state index contributed by atoms with van der Waals surface area (Å²) >= 11 is 0. The van der Waals surface area contributed by atoms with Gasteiger partial charge >= 0.3 is 12.1 Å². The molecule has 4 amide bonds. The first kappa shape index (κ1) is 20.2. The van der Waals surface area contributed by atoms with Gasteiger partial charge < -0.3 is 14.2 Å². The van der Waals surface area contributed by atoms with Crippen molar-refractivity contribution in [3.05, 3.63) is 24.5 Å². The minimum atomic E-state index is -0.495. The second-order valence-corrected chi connectivity index (χ2v) is 8.78. The zero-order valence-electron chi connectivity index (χ0n) is 17.6. The molecule has 0 unspecified atom stereocenters. The number of carbonyl (C=O) groups excluding carboxylic acids is 3. The number of anilines is 1. The fourth-order valence-corrected chi connectivity index (χ4v) is 3.94. The Morgan fingerprint density at radius 2 is 1.93 bits per heavy atom. The van der Waals surface area contributed by atoms with Crippen LogP contribution in [-0.2, 0) is 9.53 Å². The van der Waals surface area contributed by atoms with Gasteiger partial charge in [-0.1, -0.05) is 0 Å². The van der Waals surface area contributed by atoms with Crippen molar-refractivity contribution in [3.63, 3.8) is 0 Å². The quantitative estimate of drug-likeness (QED) is 0.816. The Kier molecular flexibility index (Phi) is 5.13. The molecule has 2 aromatic heterocycles. The van der Waals surface area contributed by atoms with Crippen LogP contribution in [0.15, 0.2) is 24.5 Å². The van der Waals surface area contributed by atoms with E-state index < -0.39 is 11.6 Å². The van der Waals surface area contributed by atoms with Crippen molar-refractivity contribution < 1.29 is 19.1 Å². The fourth-order valence-electron chi connectivity index (χ4n) is 3.94. The summed E-state index contributed by atoms with van der Waals surface area (Å²) in [5.41, 5.74) is 1.03. The lowest BCUT2D eigenvalue weighted by molar-refractivity contribution is -0.120. The van der Waals surface area contributed by atoms with E-state index in [2.05, 4.69) is 14.9 Å². The number of urea groups is 1. The number of imide groups is 1. The van der Waals surface area contributed by atoms with E-state index in [-0.39, 0.29) is 24.5 Å². The Hall–Kier alpha value is -3.10. The summed E-state index contributed by atoms with van der Waals surface area (Å²) in [5.74, 6) is -0.255. The van der Waals surface area contributed by atoms with Crippen molar-refractivity contribution in [2.45, 2.75) is 51.7 Å². The lowest BCUT2D eigenvalue weighted by Gasteiger charge is -2.34. The van der Waals surface area contributed by atoms with Crippen molar-refractivity contribution in [3.8, 4) is 0 Å². The Bertz CT molecular complexity index is 985. The minimum Gasteiger partial charge on any atom is -0.444 e. The maximum absolute atomic E-state index is 12.3. The molecule has 4 heterocycles. The van der Waals surface area contributed by atoms with Crippen LogP contribution in [0, 0.1) is 0 Å². The van der Waals surface area contributed by atoms with Gasteiger partial charge in [0.15, 0.2) is 0 Å². The van der Waals surface area contributed by atoms with Crippen LogP contribution < -0.4 is 10.2 Å². The minimum absolute atomic E-state index is 0.246. The van der Waals surface area contributed by atoms with E-state index in [9.17, 15) is 14.4 Å². The number of aromatic nitrogens is 2. The molecular formula is C21H27N5O4. The van der Waals surface area contributed by atoms with Crippen LogP contribution in [0.2, 0.25) is 0 Å². The highest BCUT2D eigenvalue weighted by Crippen LogP contribution is 2.29. The first-order valence-electron chi connectivity index (χ1n) is 10.3. The molecule has 2 fully saturated rings. The van der Waals surface area contributed by atoms with E-state index in [1.165, 1.54) is 4.90 Å². The number of nitrogens with one attached hydrogen (secondary N) is 1. The molecule has 0 spiro atoms. The van der Waals surface area contributed by atoms with Gasteiger partial charge in [-0.2, -0.15) is 0 Å². The van der Waals surface area contributed by atoms with Crippen LogP contribution in [0.3, 0.4) is 0 Å². The number of pyridine rings is 1. The maximum Gasteiger partial charge on any atom is 0.410 e. The molecule has 0 bridgehead atoms. The third kappa shape index (κ3) is 4.10. The highest BCUT2D eigenvalue weighted by atomic mass is 16.6. The molecular weight excluding hydrogens is 386 g/mol. The molecule has 1 N–H and O–H groups in total. The molecule has 0 radical (unpaired) electrons. The van der Waals surface area contributed by atoms with Gasteiger partial charge in [-0.05, 0) is 45.7 Å². The highest BCUT2D eigenvalue weighted by Gasteiger charge is 2.29. The molecule has 9 heteroatoms. The van der Waals surface area contributed by atoms with Gasteiger partial charge in [0.25, 0.3) is 0 Å². The molecule has 30 heavy (non-hydrogen) atoms. The van der Waals surface area contributed by atoms with Crippen molar-refractivity contribution in [2.24, 2.45) is 0 Å². The molecule has 9 nitrogen and oxygen atoms in total. The van der Waals surface area contributed by atoms with Crippen molar-refractivity contribution in [2.75, 3.05) is 24.5 Å². The molecule has 0 saturated carbocycles. The average molecular weight is 413 g/mol. The number of hydrogen-bond acceptors (Lipinski definition) is 5. The Morgan fingerprint density at radius 1 is 1.20 bits per heavy atom. The highest BCUT2D eigenvalue weighted by molar-refractivity contribution is 6.06. The topological polar surface area (TPSA) is 96.8 Å². The van der Waals surface area contributed by atoms with Gasteiger partial charge in [0, 0.05) is 43.7 Å². The lowest BCUT2D eigenvalue weighted by Crippen LogP contribution is -2.49. The molecule has 0 atom stereocenters. The molecule has 2 aliphatic heterocycles. The average Bonchev–Trinajstić information content (AvgIpc) is 3.10. The van der Waals surface area contributed by atoms with Crippen LogP contribution in [0.25, 0.3) is 11.0 Å². The number of piperidine rings is 1. The second kappa shape index (κ2) is 7.62. The van der Waals surface area contributed by atoms with E-state index >= 15 is 0 Å². The van der Waals surface area contributed by atoms with Crippen molar-refractivity contribution in [1.82, 2.24) is 19.8 Å². The third-order valence-corrected chi connectivity index (χ3v) is 5.42. The molecule has 2 aliphatic rings. The van der Waals surface area contributed by atoms with E-state index in [4.69, 9.17) is 4.74 Å². The first-order chi connectivity index (χ1) is 14.2. The molecule has 2 aromatic rings. The summed E-state index contributed by atoms with van der Waals surface area (Å²) in [7, 11) is 0. The smallest absolute Gasteiger partial charge is 0.410 e. The standard InChI is InChI=1S/C21H27N5O4/c1-21(2,3)30-20(29)24-8-5-15(6-9-24)25-10-4-14-12-16(13-22-18(14)25)26-11-7-17(27)23-19(26)28/h4,10,12-13,15H,5-9,11H2,1-3H3,(H,23,27,28). The SMILES string of the molecule is CC(C)(C)OC(=O)N1CCC(n2ccc3cc(N4CCC(=O)NC4=O)cnc32)CC1. The van der Waals surface area contributed by atoms with Gasteiger partial charge in [-0.3, -0.25) is 15.0 Å². The third-order valence-electron chi connectivity index (χ3n) is 5.42. The Labute approximate surface area is 175 Å². The normalized spacial score (nSPS) is 18.6. The molecule has 4 rings (SSSR count).